The van der Waals surface area contributed by atoms with Gasteiger partial charge in [-0.2, -0.15) is 0 Å². The summed E-state index contributed by atoms with van der Waals surface area (Å²) < 4.78 is 0. The van der Waals surface area contributed by atoms with Crippen molar-refractivity contribution in [2.45, 2.75) is 33.1 Å². The van der Waals surface area contributed by atoms with Gasteiger partial charge in [-0.05, 0) is 55.5 Å². The van der Waals surface area contributed by atoms with Crippen LogP contribution in [0.2, 0.25) is 0 Å². The van der Waals surface area contributed by atoms with Crippen LogP contribution in [0.25, 0.3) is 0 Å². The highest BCUT2D eigenvalue weighted by molar-refractivity contribution is 5.94. The van der Waals surface area contributed by atoms with Crippen molar-refractivity contribution in [3.05, 3.63) is 48.3 Å². The lowest BCUT2D eigenvalue weighted by Gasteiger charge is -2.32. The molecule has 3 rings (SSSR count). The van der Waals surface area contributed by atoms with E-state index in [1.165, 1.54) is 18.5 Å². The van der Waals surface area contributed by atoms with Crippen LogP contribution in [-0.4, -0.2) is 30.5 Å². The first-order valence-electron chi connectivity index (χ1n) is 9.51. The molecule has 1 aromatic carbocycles. The molecule has 0 spiro atoms. The fourth-order valence-corrected chi connectivity index (χ4v) is 3.16. The Morgan fingerprint density at radius 3 is 2.58 bits per heavy atom. The van der Waals surface area contributed by atoms with Gasteiger partial charge in [-0.1, -0.05) is 13.8 Å². The molecule has 138 valence electrons. The van der Waals surface area contributed by atoms with E-state index < -0.39 is 0 Å². The molecule has 2 heterocycles. The van der Waals surface area contributed by atoms with E-state index in [2.05, 4.69) is 51.7 Å². The molecule has 1 aliphatic rings. The second-order valence-corrected chi connectivity index (χ2v) is 7.06. The zero-order chi connectivity index (χ0) is 18.4. The van der Waals surface area contributed by atoms with Crippen LogP contribution in [0.5, 0.6) is 0 Å². The van der Waals surface area contributed by atoms with Crippen LogP contribution in [0.3, 0.4) is 0 Å². The molecule has 0 saturated carbocycles. The summed E-state index contributed by atoms with van der Waals surface area (Å²) in [7, 11) is 0. The topological polar surface area (TPSA) is 57.3 Å². The Morgan fingerprint density at radius 2 is 1.88 bits per heavy atom. The molecule has 5 heteroatoms. The molecule has 2 N–H and O–H groups in total. The van der Waals surface area contributed by atoms with Crippen LogP contribution in [0.15, 0.2) is 42.7 Å². The molecule has 26 heavy (non-hydrogen) atoms. The van der Waals surface area contributed by atoms with E-state index >= 15 is 0 Å². The predicted octanol–water partition coefficient (Wildman–Crippen LogP) is 4.20. The second-order valence-electron chi connectivity index (χ2n) is 7.06. The number of carbonyl (C=O) groups excluding carboxylic acids is 1. The van der Waals surface area contributed by atoms with Crippen LogP contribution in [-0.2, 0) is 0 Å². The zero-order valence-electron chi connectivity index (χ0n) is 15.7. The minimum Gasteiger partial charge on any atom is -0.372 e. The maximum absolute atomic E-state index is 12.1. The molecule has 0 bridgehead atoms. The molecule has 1 fully saturated rings. The van der Waals surface area contributed by atoms with E-state index in [0.717, 1.165) is 36.8 Å². The standard InChI is InChI=1S/C21H28N4O/c1-3-10-23-21(26)17-13-19(15-22-14-17)24-18-4-6-20(7-5-18)25-11-8-16(2)9-12-25/h4-7,13-16,24H,3,8-12H2,1-2H3,(H,23,26). The summed E-state index contributed by atoms with van der Waals surface area (Å²) in [5, 5.41) is 6.21. The number of anilines is 3. The maximum Gasteiger partial charge on any atom is 0.252 e. The highest BCUT2D eigenvalue weighted by Crippen LogP contribution is 2.25. The number of aromatic nitrogens is 1. The number of benzene rings is 1. The number of nitrogens with one attached hydrogen (secondary N) is 2. The quantitative estimate of drug-likeness (QED) is 0.818. The van der Waals surface area contributed by atoms with Gasteiger partial charge in [-0.3, -0.25) is 9.78 Å². The molecule has 5 nitrogen and oxygen atoms in total. The first-order chi connectivity index (χ1) is 12.7. The molecular weight excluding hydrogens is 324 g/mol. The minimum absolute atomic E-state index is 0.0855. The molecule has 1 amide bonds. The number of hydrogen-bond donors (Lipinski definition) is 2. The molecule has 0 radical (unpaired) electrons. The Balaban J connectivity index is 1.63. The SMILES string of the molecule is CCCNC(=O)c1cncc(Nc2ccc(N3CCC(C)CC3)cc2)c1. The van der Waals surface area contributed by atoms with E-state index in [9.17, 15) is 4.79 Å². The van der Waals surface area contributed by atoms with Crippen molar-refractivity contribution < 1.29 is 4.79 Å². The number of piperidine rings is 1. The van der Waals surface area contributed by atoms with Gasteiger partial charge in [0.25, 0.3) is 5.91 Å². The Kier molecular flexibility index (Phi) is 6.10. The van der Waals surface area contributed by atoms with Gasteiger partial charge in [0.1, 0.15) is 0 Å². The number of nitrogens with zero attached hydrogens (tertiary/aromatic N) is 2. The van der Waals surface area contributed by atoms with Crippen molar-refractivity contribution in [2.75, 3.05) is 29.9 Å². The zero-order valence-corrected chi connectivity index (χ0v) is 15.7. The average molecular weight is 352 g/mol. The molecule has 0 unspecified atom stereocenters. The molecule has 0 atom stereocenters. The van der Waals surface area contributed by atoms with E-state index in [0.29, 0.717) is 12.1 Å². The van der Waals surface area contributed by atoms with Crippen molar-refractivity contribution in [3.8, 4) is 0 Å². The van der Waals surface area contributed by atoms with Gasteiger partial charge >= 0.3 is 0 Å². The molecule has 1 saturated heterocycles. The molecule has 1 aromatic heterocycles. The highest BCUT2D eigenvalue weighted by Gasteiger charge is 2.15. The van der Waals surface area contributed by atoms with E-state index in [4.69, 9.17) is 0 Å². The smallest absolute Gasteiger partial charge is 0.252 e. The Labute approximate surface area is 155 Å². The fraction of sp³-hybridized carbons (Fsp3) is 0.429. The third-order valence-electron chi connectivity index (χ3n) is 4.84. The third kappa shape index (κ3) is 4.75. The van der Waals surface area contributed by atoms with Gasteiger partial charge in [0.05, 0.1) is 17.4 Å². The summed E-state index contributed by atoms with van der Waals surface area (Å²) in [5.74, 6) is 0.749. The summed E-state index contributed by atoms with van der Waals surface area (Å²) in [6, 6.07) is 10.3. The monoisotopic (exact) mass is 352 g/mol. The van der Waals surface area contributed by atoms with Gasteiger partial charge in [0.2, 0.25) is 0 Å². The van der Waals surface area contributed by atoms with E-state index in [-0.39, 0.29) is 5.91 Å². The Bertz CT molecular complexity index is 721. The van der Waals surface area contributed by atoms with Crippen molar-refractivity contribution in [1.82, 2.24) is 10.3 Å². The maximum atomic E-state index is 12.1. The van der Waals surface area contributed by atoms with Crippen molar-refractivity contribution in [2.24, 2.45) is 5.92 Å². The lowest BCUT2D eigenvalue weighted by molar-refractivity contribution is 0.0953. The van der Waals surface area contributed by atoms with Gasteiger partial charge in [-0.15, -0.1) is 0 Å². The highest BCUT2D eigenvalue weighted by atomic mass is 16.1. The third-order valence-corrected chi connectivity index (χ3v) is 4.84. The second kappa shape index (κ2) is 8.70. The Morgan fingerprint density at radius 1 is 1.15 bits per heavy atom. The molecule has 1 aliphatic heterocycles. The average Bonchev–Trinajstić information content (AvgIpc) is 2.67. The Hall–Kier alpha value is -2.56. The summed E-state index contributed by atoms with van der Waals surface area (Å²) in [6.07, 6.45) is 6.77. The van der Waals surface area contributed by atoms with Gasteiger partial charge in [-0.25, -0.2) is 0 Å². The summed E-state index contributed by atoms with van der Waals surface area (Å²) >= 11 is 0. The van der Waals surface area contributed by atoms with Crippen molar-refractivity contribution in [1.29, 1.82) is 0 Å². The van der Waals surface area contributed by atoms with Gasteiger partial charge in [0, 0.05) is 37.2 Å². The predicted molar refractivity (Wildman–Crippen MR) is 107 cm³/mol. The largest absolute Gasteiger partial charge is 0.372 e. The normalized spacial score (nSPS) is 14.9. The first kappa shape index (κ1) is 18.2. The van der Waals surface area contributed by atoms with Crippen LogP contribution < -0.4 is 15.5 Å². The number of pyridine rings is 1. The molecular formula is C21H28N4O. The number of rotatable bonds is 6. The molecule has 0 aliphatic carbocycles. The number of carbonyl (C=O) groups is 1. The summed E-state index contributed by atoms with van der Waals surface area (Å²) in [5.41, 5.74) is 3.65. The lowest BCUT2D eigenvalue weighted by atomic mass is 9.99. The first-order valence-corrected chi connectivity index (χ1v) is 9.51. The van der Waals surface area contributed by atoms with Crippen LogP contribution in [0, 0.1) is 5.92 Å². The fourth-order valence-electron chi connectivity index (χ4n) is 3.16. The van der Waals surface area contributed by atoms with Crippen LogP contribution >= 0.6 is 0 Å². The minimum atomic E-state index is -0.0855. The van der Waals surface area contributed by atoms with Crippen LogP contribution in [0.4, 0.5) is 17.1 Å². The van der Waals surface area contributed by atoms with Gasteiger partial charge < -0.3 is 15.5 Å². The van der Waals surface area contributed by atoms with Crippen molar-refractivity contribution in [3.63, 3.8) is 0 Å². The number of hydrogen-bond acceptors (Lipinski definition) is 4. The van der Waals surface area contributed by atoms with Crippen molar-refractivity contribution >= 4 is 23.0 Å². The van der Waals surface area contributed by atoms with E-state index in [1.54, 1.807) is 12.4 Å². The lowest BCUT2D eigenvalue weighted by Crippen LogP contribution is -2.32. The van der Waals surface area contributed by atoms with E-state index in [1.807, 2.05) is 13.0 Å². The number of amides is 1. The summed E-state index contributed by atoms with van der Waals surface area (Å²) in [6.45, 7) is 7.30. The molecule has 2 aromatic rings. The van der Waals surface area contributed by atoms with Gasteiger partial charge in [0.15, 0.2) is 0 Å². The summed E-state index contributed by atoms with van der Waals surface area (Å²) in [4.78, 5) is 18.7. The van der Waals surface area contributed by atoms with Crippen LogP contribution in [0.1, 0.15) is 43.5 Å².